The van der Waals surface area contributed by atoms with Gasteiger partial charge in [0.2, 0.25) is 0 Å². The van der Waals surface area contributed by atoms with Gasteiger partial charge in [0, 0.05) is 45.2 Å². The second kappa shape index (κ2) is 10.6. The Hall–Kier alpha value is -5.22. The molecule has 10 rings (SSSR count). The topological polar surface area (TPSA) is 9.72 Å². The van der Waals surface area contributed by atoms with E-state index in [9.17, 15) is 0 Å². The lowest BCUT2D eigenvalue weighted by Gasteiger charge is -2.53. The van der Waals surface area contributed by atoms with Gasteiger partial charge in [0.15, 0.2) is 0 Å². The largest absolute Gasteiger partial charge is 0.335 e. The Labute approximate surface area is 296 Å². The normalized spacial score (nSPS) is 20.9. The Morgan fingerprint density at radius 1 is 0.580 bits per heavy atom. The van der Waals surface area contributed by atoms with Crippen LogP contribution in [0.1, 0.15) is 56.2 Å². The van der Waals surface area contributed by atoms with Crippen LogP contribution >= 0.6 is 0 Å². The molecule has 6 aromatic carbocycles. The van der Waals surface area contributed by atoms with Crippen molar-refractivity contribution in [1.82, 2.24) is 0 Å². The molecule has 0 saturated heterocycles. The molecule has 2 unspecified atom stereocenters. The Morgan fingerprint density at radius 3 is 2.00 bits per heavy atom. The molecule has 3 heterocycles. The molecule has 0 N–H and O–H groups in total. The number of fused-ring (bicyclic) bond motifs is 7. The molecular formula is C46H42BN3. The standard InChI is InChI=1S/C46H42BN3/c1-31-15-13-20-35(27-31)49-40-28-32(2)23-24-38(40)47-39-22-14-21-37-44(39)50(46(4)26-12-11-25-45(37,46)3)42-30-36(29-41(49)43(42)47)48(33-16-7-5-8-17-33)34-18-9-6-10-19-34/h5-10,13-24,27-30H,11-12,25-26H2,1-4H3. The van der Waals surface area contributed by atoms with E-state index in [0.29, 0.717) is 0 Å². The van der Waals surface area contributed by atoms with Crippen molar-refractivity contribution in [2.75, 3.05) is 14.7 Å². The summed E-state index contributed by atoms with van der Waals surface area (Å²) in [4.78, 5) is 7.85. The van der Waals surface area contributed by atoms with Gasteiger partial charge in [0.25, 0.3) is 6.71 Å². The Bertz CT molecular complexity index is 2280. The SMILES string of the molecule is Cc1cccc(N2c3cc(C)ccc3B3c4cccc5c4N(c4cc(N(c6ccccc6)c6ccccc6)cc2c43)C2(C)CCCCC52C)c1. The Balaban J connectivity index is 1.35. The van der Waals surface area contributed by atoms with Crippen molar-refractivity contribution in [3.05, 3.63) is 150 Å². The van der Waals surface area contributed by atoms with Gasteiger partial charge in [0.05, 0.1) is 11.2 Å². The van der Waals surface area contributed by atoms with Gasteiger partial charge in [-0.1, -0.05) is 98.6 Å². The van der Waals surface area contributed by atoms with Crippen molar-refractivity contribution < 1.29 is 0 Å². The fourth-order valence-electron chi connectivity index (χ4n) is 10.1. The molecule has 3 nitrogen and oxygen atoms in total. The van der Waals surface area contributed by atoms with E-state index in [4.69, 9.17) is 0 Å². The zero-order valence-electron chi connectivity index (χ0n) is 29.4. The molecular weight excluding hydrogens is 605 g/mol. The fourth-order valence-corrected chi connectivity index (χ4v) is 10.1. The second-order valence-corrected chi connectivity index (χ2v) is 15.5. The first-order valence-corrected chi connectivity index (χ1v) is 18.4. The monoisotopic (exact) mass is 647 g/mol. The van der Waals surface area contributed by atoms with Gasteiger partial charge >= 0.3 is 0 Å². The summed E-state index contributed by atoms with van der Waals surface area (Å²) in [5.74, 6) is 0. The predicted molar refractivity (Wildman–Crippen MR) is 213 cm³/mol. The summed E-state index contributed by atoms with van der Waals surface area (Å²) >= 11 is 0. The third-order valence-corrected chi connectivity index (χ3v) is 12.6. The van der Waals surface area contributed by atoms with Crippen LogP contribution in [0.25, 0.3) is 0 Å². The van der Waals surface area contributed by atoms with Crippen LogP contribution in [0, 0.1) is 13.8 Å². The third-order valence-electron chi connectivity index (χ3n) is 12.6. The molecule has 1 aliphatic carbocycles. The first kappa shape index (κ1) is 29.7. The fraction of sp³-hybridized carbons (Fsp3) is 0.217. The maximum atomic E-state index is 2.83. The van der Waals surface area contributed by atoms with E-state index in [1.54, 1.807) is 0 Å². The molecule has 50 heavy (non-hydrogen) atoms. The highest BCUT2D eigenvalue weighted by molar-refractivity contribution is 7.00. The van der Waals surface area contributed by atoms with Crippen molar-refractivity contribution in [2.24, 2.45) is 0 Å². The number of hydrogen-bond donors (Lipinski definition) is 0. The van der Waals surface area contributed by atoms with Gasteiger partial charge in [-0.3, -0.25) is 0 Å². The molecule has 6 aromatic rings. The average molecular weight is 648 g/mol. The van der Waals surface area contributed by atoms with Gasteiger partial charge in [0.1, 0.15) is 0 Å². The predicted octanol–water partition coefficient (Wildman–Crippen LogP) is 10.1. The van der Waals surface area contributed by atoms with Crippen molar-refractivity contribution in [2.45, 2.75) is 64.3 Å². The molecule has 1 saturated carbocycles. The van der Waals surface area contributed by atoms with Crippen LogP contribution < -0.4 is 31.1 Å². The van der Waals surface area contributed by atoms with Gasteiger partial charge in [-0.05, 0) is 121 Å². The average Bonchev–Trinajstić information content (AvgIpc) is 3.35. The molecule has 4 aliphatic rings. The molecule has 0 amide bonds. The van der Waals surface area contributed by atoms with E-state index in [0.717, 1.165) is 11.4 Å². The zero-order valence-corrected chi connectivity index (χ0v) is 29.4. The first-order valence-electron chi connectivity index (χ1n) is 18.4. The number of rotatable bonds is 4. The molecule has 0 radical (unpaired) electrons. The summed E-state index contributed by atoms with van der Waals surface area (Å²) in [5, 5.41) is 0. The summed E-state index contributed by atoms with van der Waals surface area (Å²) in [6.45, 7) is 9.72. The summed E-state index contributed by atoms with van der Waals surface area (Å²) in [6, 6.07) is 50.2. The van der Waals surface area contributed by atoms with Crippen LogP contribution in [0.2, 0.25) is 0 Å². The molecule has 0 spiro atoms. The summed E-state index contributed by atoms with van der Waals surface area (Å²) in [5.41, 5.74) is 18.4. The van der Waals surface area contributed by atoms with Crippen LogP contribution in [0.3, 0.4) is 0 Å². The van der Waals surface area contributed by atoms with Gasteiger partial charge in [-0.15, -0.1) is 0 Å². The van der Waals surface area contributed by atoms with Crippen molar-refractivity contribution in [3.63, 3.8) is 0 Å². The van der Waals surface area contributed by atoms with Gasteiger partial charge in [-0.2, -0.15) is 0 Å². The minimum absolute atomic E-state index is 0.0346. The van der Waals surface area contributed by atoms with Crippen LogP contribution in [0.15, 0.2) is 133 Å². The van der Waals surface area contributed by atoms with Gasteiger partial charge < -0.3 is 14.7 Å². The van der Waals surface area contributed by atoms with E-state index >= 15 is 0 Å². The molecule has 1 fully saturated rings. The number of nitrogens with zero attached hydrogens (tertiary/aromatic N) is 3. The van der Waals surface area contributed by atoms with Crippen molar-refractivity contribution >= 4 is 68.6 Å². The van der Waals surface area contributed by atoms with Crippen LogP contribution in [-0.2, 0) is 5.41 Å². The van der Waals surface area contributed by atoms with Crippen LogP contribution in [-0.4, -0.2) is 12.3 Å². The molecule has 0 bridgehead atoms. The summed E-state index contributed by atoms with van der Waals surface area (Å²) in [6.07, 6.45) is 4.94. The maximum Gasteiger partial charge on any atom is 0.252 e. The number of anilines is 8. The zero-order chi connectivity index (χ0) is 33.8. The highest BCUT2D eigenvalue weighted by Crippen LogP contribution is 2.62. The molecule has 3 aliphatic heterocycles. The second-order valence-electron chi connectivity index (χ2n) is 15.5. The number of benzene rings is 6. The lowest BCUT2D eigenvalue weighted by molar-refractivity contribution is 0.195. The first-order chi connectivity index (χ1) is 24.4. The van der Waals surface area contributed by atoms with Crippen molar-refractivity contribution in [1.29, 1.82) is 0 Å². The minimum atomic E-state index is -0.0346. The molecule has 2 atom stereocenters. The lowest BCUT2D eigenvalue weighted by atomic mass is 9.33. The van der Waals surface area contributed by atoms with E-state index in [1.165, 1.54) is 92.9 Å². The number of hydrogen-bond acceptors (Lipinski definition) is 3. The number of aryl methyl sites for hydroxylation is 2. The van der Waals surface area contributed by atoms with E-state index in [1.807, 2.05) is 0 Å². The van der Waals surface area contributed by atoms with E-state index in [2.05, 4.69) is 176 Å². The highest BCUT2D eigenvalue weighted by Gasteiger charge is 2.61. The Morgan fingerprint density at radius 2 is 1.26 bits per heavy atom. The van der Waals surface area contributed by atoms with E-state index < -0.39 is 0 Å². The van der Waals surface area contributed by atoms with E-state index in [-0.39, 0.29) is 17.7 Å². The third kappa shape index (κ3) is 3.93. The summed E-state index contributed by atoms with van der Waals surface area (Å²) < 4.78 is 0. The number of para-hydroxylation sites is 3. The quantitative estimate of drug-likeness (QED) is 0.176. The minimum Gasteiger partial charge on any atom is -0.335 e. The lowest BCUT2D eigenvalue weighted by Crippen LogP contribution is -2.64. The van der Waals surface area contributed by atoms with Gasteiger partial charge in [-0.25, -0.2) is 0 Å². The summed E-state index contributed by atoms with van der Waals surface area (Å²) in [7, 11) is 0. The molecule has 244 valence electrons. The van der Waals surface area contributed by atoms with Crippen LogP contribution in [0.4, 0.5) is 45.5 Å². The Kier molecular flexibility index (Phi) is 6.32. The maximum absolute atomic E-state index is 2.83. The van der Waals surface area contributed by atoms with Crippen LogP contribution in [0.5, 0.6) is 0 Å². The molecule has 4 heteroatoms. The highest BCUT2D eigenvalue weighted by atomic mass is 15.3. The molecule has 0 aromatic heterocycles. The smallest absolute Gasteiger partial charge is 0.252 e. The van der Waals surface area contributed by atoms with Crippen molar-refractivity contribution in [3.8, 4) is 0 Å².